The smallest absolute Gasteiger partial charge is 0.330 e. The molecule has 12 heteroatoms. The molecule has 0 spiro atoms. The minimum Gasteiger partial charge on any atom is -0.507 e. The van der Waals surface area contributed by atoms with Gasteiger partial charge in [0, 0.05) is 29.8 Å². The lowest BCUT2D eigenvalue weighted by Crippen LogP contribution is -2.60. The van der Waals surface area contributed by atoms with E-state index in [0.717, 1.165) is 12.1 Å². The fraction of sp³-hybridized carbons (Fsp3) is 0.308. The minimum atomic E-state index is -1.71. The maximum atomic E-state index is 12.8. The van der Waals surface area contributed by atoms with Crippen LogP contribution in [0.3, 0.4) is 0 Å². The first kappa shape index (κ1) is 26.9. The van der Waals surface area contributed by atoms with Gasteiger partial charge in [0.05, 0.1) is 7.11 Å². The number of hydrogen-bond acceptors (Lipinski definition) is 12. The SMILES string of the molecule is CC=CC(=O)OC[C@H]1O[C@H](Oc2cc(O)c3c(=O)cc(-c4ccc(O)c(OC)c4)oc3c2)[C@H](O)[C@@H](O)[C@H]1O. The molecule has 5 atom stereocenters. The molecule has 1 aliphatic rings. The van der Waals surface area contributed by atoms with E-state index in [1.807, 2.05) is 0 Å². The van der Waals surface area contributed by atoms with Crippen LogP contribution in [0.4, 0.5) is 0 Å². The summed E-state index contributed by atoms with van der Waals surface area (Å²) in [5, 5.41) is 51.1. The summed E-state index contributed by atoms with van der Waals surface area (Å²) in [6.45, 7) is 1.17. The van der Waals surface area contributed by atoms with E-state index in [1.165, 1.54) is 43.5 Å². The van der Waals surface area contributed by atoms with Crippen LogP contribution in [0.2, 0.25) is 0 Å². The molecular formula is C26H26O12. The van der Waals surface area contributed by atoms with Crippen molar-refractivity contribution >= 4 is 16.9 Å². The van der Waals surface area contributed by atoms with Crippen molar-refractivity contribution in [2.45, 2.75) is 37.6 Å². The number of allylic oxidation sites excluding steroid dienone is 1. The standard InChI is InChI=1S/C26H26O12/c1-3-4-21(30)35-11-20-23(31)24(32)25(33)26(38-20)36-13-8-15(28)22-16(29)10-17(37-19(22)9-13)12-5-6-14(27)18(7-12)34-2/h3-10,20,23-28,31-33H,11H2,1-2H3/t20-,23+,24+,25-,26+/m1/s1. The van der Waals surface area contributed by atoms with Crippen molar-refractivity contribution < 1.29 is 53.7 Å². The van der Waals surface area contributed by atoms with Gasteiger partial charge >= 0.3 is 5.97 Å². The first-order valence-electron chi connectivity index (χ1n) is 11.5. The summed E-state index contributed by atoms with van der Waals surface area (Å²) >= 11 is 0. The van der Waals surface area contributed by atoms with Crippen LogP contribution in [0, 0.1) is 0 Å². The zero-order chi connectivity index (χ0) is 27.6. The molecule has 2 aromatic carbocycles. The molecule has 202 valence electrons. The van der Waals surface area contributed by atoms with Crippen LogP contribution >= 0.6 is 0 Å². The lowest BCUT2D eigenvalue weighted by atomic mass is 9.99. The number of aliphatic hydroxyl groups excluding tert-OH is 3. The number of hydrogen-bond donors (Lipinski definition) is 5. The minimum absolute atomic E-state index is 0.0720. The van der Waals surface area contributed by atoms with E-state index in [9.17, 15) is 35.1 Å². The number of aliphatic hydroxyl groups is 3. The Balaban J connectivity index is 1.63. The summed E-state index contributed by atoms with van der Waals surface area (Å²) in [4.78, 5) is 24.4. The number of carbonyl (C=O) groups excluding carboxylic acids is 1. The van der Waals surface area contributed by atoms with Crippen molar-refractivity contribution in [2.75, 3.05) is 13.7 Å². The number of phenols is 2. The van der Waals surface area contributed by atoms with E-state index in [-0.39, 0.29) is 34.0 Å². The average molecular weight is 530 g/mol. The van der Waals surface area contributed by atoms with Gasteiger partial charge in [-0.3, -0.25) is 4.79 Å². The predicted molar refractivity (Wildman–Crippen MR) is 131 cm³/mol. The number of aromatic hydroxyl groups is 2. The Morgan fingerprint density at radius 1 is 1.03 bits per heavy atom. The molecule has 12 nitrogen and oxygen atoms in total. The number of rotatable bonds is 7. The van der Waals surface area contributed by atoms with Crippen molar-refractivity contribution in [2.24, 2.45) is 0 Å². The second-order valence-electron chi connectivity index (χ2n) is 8.44. The number of fused-ring (bicyclic) bond motifs is 1. The third-order valence-corrected chi connectivity index (χ3v) is 5.86. The van der Waals surface area contributed by atoms with E-state index in [4.69, 9.17) is 23.4 Å². The molecule has 38 heavy (non-hydrogen) atoms. The number of ether oxygens (including phenoxy) is 4. The Bertz CT molecular complexity index is 1410. The van der Waals surface area contributed by atoms with Crippen molar-refractivity contribution in [3.05, 3.63) is 58.8 Å². The Morgan fingerprint density at radius 3 is 2.50 bits per heavy atom. The number of benzene rings is 2. The Morgan fingerprint density at radius 2 is 1.79 bits per heavy atom. The monoisotopic (exact) mass is 530 g/mol. The van der Waals surface area contributed by atoms with Gasteiger partial charge in [-0.2, -0.15) is 0 Å². The summed E-state index contributed by atoms with van der Waals surface area (Å²) < 4.78 is 27.0. The first-order valence-corrected chi connectivity index (χ1v) is 11.5. The highest BCUT2D eigenvalue weighted by Crippen LogP contribution is 2.35. The molecule has 3 aromatic rings. The van der Waals surface area contributed by atoms with Crippen molar-refractivity contribution in [3.63, 3.8) is 0 Å². The van der Waals surface area contributed by atoms with Crippen molar-refractivity contribution in [3.8, 4) is 34.3 Å². The molecule has 1 aliphatic heterocycles. The normalized spacial score (nSPS) is 23.4. The number of phenolic OH excluding ortho intramolecular Hbond substituents is 2. The molecule has 1 fully saturated rings. The van der Waals surface area contributed by atoms with Gasteiger partial charge in [-0.15, -0.1) is 0 Å². The molecule has 0 bridgehead atoms. The molecular weight excluding hydrogens is 504 g/mol. The number of esters is 1. The summed E-state index contributed by atoms with van der Waals surface area (Å²) in [5.74, 6) is -1.13. The van der Waals surface area contributed by atoms with Gasteiger partial charge in [-0.05, 0) is 25.1 Å². The van der Waals surface area contributed by atoms with E-state index in [1.54, 1.807) is 6.92 Å². The fourth-order valence-electron chi connectivity index (χ4n) is 3.92. The van der Waals surface area contributed by atoms with Crippen LogP contribution in [0.5, 0.6) is 23.0 Å². The van der Waals surface area contributed by atoms with Crippen molar-refractivity contribution in [1.29, 1.82) is 0 Å². The second-order valence-corrected chi connectivity index (χ2v) is 8.44. The highest BCUT2D eigenvalue weighted by Gasteiger charge is 2.45. The van der Waals surface area contributed by atoms with Gasteiger partial charge in [0.1, 0.15) is 59.3 Å². The zero-order valence-electron chi connectivity index (χ0n) is 20.3. The lowest BCUT2D eigenvalue weighted by Gasteiger charge is -2.39. The molecule has 0 amide bonds. The van der Waals surface area contributed by atoms with E-state index in [2.05, 4.69) is 0 Å². The lowest BCUT2D eigenvalue weighted by molar-refractivity contribution is -0.278. The van der Waals surface area contributed by atoms with Crippen LogP contribution in [0.25, 0.3) is 22.3 Å². The quantitative estimate of drug-likeness (QED) is 0.217. The van der Waals surface area contributed by atoms with Crippen LogP contribution in [0.15, 0.2) is 57.8 Å². The van der Waals surface area contributed by atoms with Gasteiger partial charge in [0.2, 0.25) is 6.29 Å². The Kier molecular flexibility index (Phi) is 7.88. The van der Waals surface area contributed by atoms with E-state index in [0.29, 0.717) is 5.56 Å². The molecule has 0 unspecified atom stereocenters. The van der Waals surface area contributed by atoms with E-state index < -0.39 is 54.5 Å². The molecule has 1 aromatic heterocycles. The molecule has 1 saturated heterocycles. The maximum absolute atomic E-state index is 12.8. The molecule has 5 N–H and O–H groups in total. The Hall–Kier alpha value is -4.10. The van der Waals surface area contributed by atoms with Crippen molar-refractivity contribution in [1.82, 2.24) is 0 Å². The summed E-state index contributed by atoms with van der Waals surface area (Å²) in [5.41, 5.74) is -0.229. The highest BCUT2D eigenvalue weighted by atomic mass is 16.7. The summed E-state index contributed by atoms with van der Waals surface area (Å²) in [6, 6.07) is 7.86. The Labute approximate surface area is 215 Å². The van der Waals surface area contributed by atoms with Crippen LogP contribution in [-0.4, -0.2) is 75.9 Å². The second kappa shape index (κ2) is 11.1. The predicted octanol–water partition coefficient (Wildman–Crippen LogP) is 1.19. The van der Waals surface area contributed by atoms with E-state index >= 15 is 0 Å². The van der Waals surface area contributed by atoms with Crippen LogP contribution < -0.4 is 14.9 Å². The molecule has 0 radical (unpaired) electrons. The number of methoxy groups -OCH3 is 1. The van der Waals surface area contributed by atoms with Gasteiger partial charge in [0.15, 0.2) is 16.9 Å². The van der Waals surface area contributed by atoms with Gasteiger partial charge < -0.3 is 48.9 Å². The van der Waals surface area contributed by atoms with Gasteiger partial charge in [-0.1, -0.05) is 6.08 Å². The third-order valence-electron chi connectivity index (χ3n) is 5.86. The summed E-state index contributed by atoms with van der Waals surface area (Å²) in [6.07, 6.45) is -5.18. The first-order chi connectivity index (χ1) is 18.1. The maximum Gasteiger partial charge on any atom is 0.330 e. The fourth-order valence-corrected chi connectivity index (χ4v) is 3.92. The topological polar surface area (TPSA) is 185 Å². The molecule has 4 rings (SSSR count). The molecule has 2 heterocycles. The third kappa shape index (κ3) is 5.43. The molecule has 0 saturated carbocycles. The number of carbonyl (C=O) groups is 1. The summed E-state index contributed by atoms with van der Waals surface area (Å²) in [7, 11) is 1.37. The van der Waals surface area contributed by atoms with Crippen LogP contribution in [-0.2, 0) is 14.3 Å². The van der Waals surface area contributed by atoms with Gasteiger partial charge in [-0.25, -0.2) is 4.79 Å². The van der Waals surface area contributed by atoms with Gasteiger partial charge in [0.25, 0.3) is 0 Å². The highest BCUT2D eigenvalue weighted by molar-refractivity contribution is 5.86. The largest absolute Gasteiger partial charge is 0.507 e. The van der Waals surface area contributed by atoms with Crippen LogP contribution in [0.1, 0.15) is 6.92 Å². The molecule has 0 aliphatic carbocycles. The average Bonchev–Trinajstić information content (AvgIpc) is 2.88. The zero-order valence-corrected chi connectivity index (χ0v) is 20.3.